The number of amides is 1. The van der Waals surface area contributed by atoms with Crippen LogP contribution < -0.4 is 4.72 Å². The van der Waals surface area contributed by atoms with Crippen molar-refractivity contribution in [3.05, 3.63) is 69.5 Å². The molecule has 12 heteroatoms. The molecule has 3 aromatic rings. The zero-order valence-corrected chi connectivity index (χ0v) is 16.3. The Kier molecular flexibility index (Phi) is 5.37. The summed E-state index contributed by atoms with van der Waals surface area (Å²) in [4.78, 5) is 11.6. The van der Waals surface area contributed by atoms with E-state index in [1.54, 1.807) is 4.72 Å². The third kappa shape index (κ3) is 3.84. The minimum absolute atomic E-state index is 0.00782. The summed E-state index contributed by atoms with van der Waals surface area (Å²) in [6, 6.07) is 6.65. The fraction of sp³-hybridized carbons (Fsp3) is 0.0625. The minimum Gasteiger partial charge on any atom is -0.266 e. The van der Waals surface area contributed by atoms with Crippen LogP contribution in [0.15, 0.2) is 41.3 Å². The topological polar surface area (TPSA) is 93.9 Å². The van der Waals surface area contributed by atoms with Crippen LogP contribution in [0.1, 0.15) is 16.2 Å². The first kappa shape index (κ1) is 20.2. The van der Waals surface area contributed by atoms with Crippen molar-refractivity contribution in [1.29, 1.82) is 0 Å². The van der Waals surface area contributed by atoms with E-state index in [0.717, 1.165) is 28.9 Å². The van der Waals surface area contributed by atoms with Gasteiger partial charge in [-0.3, -0.25) is 4.79 Å². The van der Waals surface area contributed by atoms with E-state index in [2.05, 4.69) is 10.3 Å². The standard InChI is InChI=1S/C16H10Cl2F2N4O3S/c1-8-15(21-23-24(8)13-4-2-9(17)6-11(13)19)16(25)22-28(26,27)14-5-3-10(18)7-12(14)20/h2-7H,1H3,(H,22,25). The summed E-state index contributed by atoms with van der Waals surface area (Å²) in [5, 5.41) is 7.41. The summed E-state index contributed by atoms with van der Waals surface area (Å²) in [5.74, 6) is -3.01. The quantitative estimate of drug-likeness (QED) is 0.663. The zero-order chi connectivity index (χ0) is 20.6. The Morgan fingerprint density at radius 1 is 1.07 bits per heavy atom. The molecule has 1 aromatic heterocycles. The summed E-state index contributed by atoms with van der Waals surface area (Å²) in [6.45, 7) is 1.39. The van der Waals surface area contributed by atoms with E-state index < -0.39 is 32.5 Å². The van der Waals surface area contributed by atoms with E-state index in [-0.39, 0.29) is 27.1 Å². The largest absolute Gasteiger partial charge is 0.287 e. The monoisotopic (exact) mass is 446 g/mol. The van der Waals surface area contributed by atoms with E-state index >= 15 is 0 Å². The lowest BCUT2D eigenvalue weighted by molar-refractivity contribution is 0.0976. The summed E-state index contributed by atoms with van der Waals surface area (Å²) in [6.07, 6.45) is 0. The van der Waals surface area contributed by atoms with Crippen molar-refractivity contribution in [2.24, 2.45) is 0 Å². The minimum atomic E-state index is -4.54. The second kappa shape index (κ2) is 7.46. The van der Waals surface area contributed by atoms with Crippen LogP contribution in [0.2, 0.25) is 10.0 Å². The average Bonchev–Trinajstić information content (AvgIpc) is 2.95. The molecule has 0 aliphatic carbocycles. The van der Waals surface area contributed by atoms with Crippen molar-refractivity contribution in [3.63, 3.8) is 0 Å². The summed E-state index contributed by atoms with van der Waals surface area (Å²) in [5.41, 5.74) is -0.363. The highest BCUT2D eigenvalue weighted by atomic mass is 35.5. The predicted molar refractivity (Wildman–Crippen MR) is 97.1 cm³/mol. The number of nitrogens with one attached hydrogen (secondary N) is 1. The molecule has 3 rings (SSSR count). The molecule has 28 heavy (non-hydrogen) atoms. The molecule has 1 amide bonds. The SMILES string of the molecule is Cc1c(C(=O)NS(=O)(=O)c2ccc(Cl)cc2F)nnn1-c1ccc(Cl)cc1F. The molecular weight excluding hydrogens is 437 g/mol. The number of aromatic nitrogens is 3. The number of carbonyl (C=O) groups excluding carboxylic acids is 1. The Morgan fingerprint density at radius 2 is 1.68 bits per heavy atom. The normalized spacial score (nSPS) is 11.5. The molecule has 7 nitrogen and oxygen atoms in total. The van der Waals surface area contributed by atoms with Gasteiger partial charge in [0.1, 0.15) is 22.2 Å². The molecule has 0 aliphatic heterocycles. The van der Waals surface area contributed by atoms with Gasteiger partial charge in [0.15, 0.2) is 5.69 Å². The van der Waals surface area contributed by atoms with E-state index in [4.69, 9.17) is 23.2 Å². The number of nitrogens with zero attached hydrogens (tertiary/aromatic N) is 3. The zero-order valence-electron chi connectivity index (χ0n) is 14.0. The maximum Gasteiger partial charge on any atom is 0.287 e. The lowest BCUT2D eigenvalue weighted by Gasteiger charge is -2.08. The van der Waals surface area contributed by atoms with E-state index in [9.17, 15) is 22.0 Å². The van der Waals surface area contributed by atoms with Gasteiger partial charge >= 0.3 is 0 Å². The Balaban J connectivity index is 1.92. The van der Waals surface area contributed by atoms with Crippen molar-refractivity contribution in [3.8, 4) is 5.69 Å². The van der Waals surface area contributed by atoms with Crippen LogP contribution in [-0.4, -0.2) is 29.3 Å². The van der Waals surface area contributed by atoms with Crippen molar-refractivity contribution < 1.29 is 22.0 Å². The Morgan fingerprint density at radius 3 is 2.29 bits per heavy atom. The number of sulfonamides is 1. The summed E-state index contributed by atoms with van der Waals surface area (Å²) >= 11 is 11.3. The number of halogens is 4. The van der Waals surface area contributed by atoms with E-state index in [0.29, 0.717) is 0 Å². The van der Waals surface area contributed by atoms with Crippen molar-refractivity contribution in [2.45, 2.75) is 11.8 Å². The Labute approximate surface area is 167 Å². The van der Waals surface area contributed by atoms with Crippen LogP contribution in [-0.2, 0) is 10.0 Å². The summed E-state index contributed by atoms with van der Waals surface area (Å²) < 4.78 is 55.2. The fourth-order valence-corrected chi connectivity index (χ4v) is 3.67. The second-order valence-electron chi connectivity index (χ2n) is 5.54. The lowest BCUT2D eigenvalue weighted by Crippen LogP contribution is -2.32. The van der Waals surface area contributed by atoms with Crippen molar-refractivity contribution in [1.82, 2.24) is 19.7 Å². The molecule has 2 aromatic carbocycles. The van der Waals surface area contributed by atoms with Gasteiger partial charge in [-0.2, -0.15) is 0 Å². The maximum atomic E-state index is 14.1. The second-order valence-corrected chi connectivity index (χ2v) is 8.06. The van der Waals surface area contributed by atoms with Gasteiger partial charge in [0, 0.05) is 10.0 Å². The Bertz CT molecular complexity index is 1200. The molecule has 1 N–H and O–H groups in total. The van der Waals surface area contributed by atoms with Gasteiger partial charge in [-0.25, -0.2) is 26.6 Å². The van der Waals surface area contributed by atoms with Crippen LogP contribution in [0.4, 0.5) is 8.78 Å². The number of benzene rings is 2. The molecule has 0 atom stereocenters. The molecule has 0 saturated heterocycles. The highest BCUT2D eigenvalue weighted by Gasteiger charge is 2.26. The molecule has 0 bridgehead atoms. The highest BCUT2D eigenvalue weighted by molar-refractivity contribution is 7.90. The van der Waals surface area contributed by atoms with E-state index in [1.807, 2.05) is 0 Å². The third-order valence-electron chi connectivity index (χ3n) is 3.66. The molecular formula is C16H10Cl2F2N4O3S. The van der Waals surface area contributed by atoms with E-state index in [1.165, 1.54) is 19.1 Å². The van der Waals surface area contributed by atoms with Crippen molar-refractivity contribution >= 4 is 39.1 Å². The molecule has 1 heterocycles. The van der Waals surface area contributed by atoms with Crippen LogP contribution in [0, 0.1) is 18.6 Å². The van der Waals surface area contributed by atoms with Crippen molar-refractivity contribution in [2.75, 3.05) is 0 Å². The number of rotatable bonds is 4. The molecule has 0 saturated carbocycles. The van der Waals surface area contributed by atoms with Gasteiger partial charge in [-0.15, -0.1) is 5.10 Å². The lowest BCUT2D eigenvalue weighted by atomic mass is 10.2. The molecule has 0 aliphatic rings. The third-order valence-corrected chi connectivity index (χ3v) is 5.49. The Hall–Kier alpha value is -2.56. The van der Waals surface area contributed by atoms with Crippen LogP contribution >= 0.6 is 23.2 Å². The highest BCUT2D eigenvalue weighted by Crippen LogP contribution is 2.21. The first-order valence-electron chi connectivity index (χ1n) is 7.50. The van der Waals surface area contributed by atoms with Gasteiger partial charge in [0.05, 0.1) is 5.69 Å². The average molecular weight is 447 g/mol. The number of hydrogen-bond donors (Lipinski definition) is 1. The predicted octanol–water partition coefficient (Wildman–Crippen LogP) is 3.28. The number of hydrogen-bond acceptors (Lipinski definition) is 5. The van der Waals surface area contributed by atoms with Gasteiger partial charge < -0.3 is 0 Å². The van der Waals surface area contributed by atoms with Gasteiger partial charge in [0.25, 0.3) is 15.9 Å². The molecule has 0 unspecified atom stereocenters. The maximum absolute atomic E-state index is 14.1. The van der Waals surface area contributed by atoms with Crippen LogP contribution in [0.5, 0.6) is 0 Å². The molecule has 0 fully saturated rings. The number of carbonyl (C=O) groups is 1. The smallest absolute Gasteiger partial charge is 0.266 e. The van der Waals surface area contributed by atoms with Crippen LogP contribution in [0.3, 0.4) is 0 Å². The first-order valence-corrected chi connectivity index (χ1v) is 9.74. The van der Waals surface area contributed by atoms with Gasteiger partial charge in [0.2, 0.25) is 0 Å². The molecule has 146 valence electrons. The first-order chi connectivity index (χ1) is 13.1. The van der Waals surface area contributed by atoms with Gasteiger partial charge in [-0.1, -0.05) is 28.4 Å². The molecule has 0 spiro atoms. The summed E-state index contributed by atoms with van der Waals surface area (Å²) in [7, 11) is -4.54. The molecule has 0 radical (unpaired) electrons. The van der Waals surface area contributed by atoms with Gasteiger partial charge in [-0.05, 0) is 43.3 Å². The fourth-order valence-electron chi connectivity index (χ4n) is 2.34. The van der Waals surface area contributed by atoms with Crippen LogP contribution in [0.25, 0.3) is 5.69 Å².